The average Bonchev–Trinajstić information content (AvgIpc) is 2.33. The summed E-state index contributed by atoms with van der Waals surface area (Å²) in [6.45, 7) is 5.48. The first kappa shape index (κ1) is 14.6. The predicted octanol–water partition coefficient (Wildman–Crippen LogP) is 2.02. The van der Waals surface area contributed by atoms with Gasteiger partial charge in [0.1, 0.15) is 0 Å². The number of halogens is 1. The molecule has 18 heavy (non-hydrogen) atoms. The van der Waals surface area contributed by atoms with E-state index in [1.54, 1.807) is 13.0 Å². The van der Waals surface area contributed by atoms with Crippen molar-refractivity contribution in [3.8, 4) is 5.75 Å². The van der Waals surface area contributed by atoms with Crippen LogP contribution in [0.4, 0.5) is 15.8 Å². The number of nitrogens with two attached hydrogens (primary N) is 1. The van der Waals surface area contributed by atoms with Gasteiger partial charge in [-0.25, -0.2) is 4.39 Å². The van der Waals surface area contributed by atoms with Crippen LogP contribution >= 0.6 is 0 Å². The lowest BCUT2D eigenvalue weighted by atomic mass is 10.2. The SMILES string of the molecule is CCCN(CCO)c1cc(OCC)c(F)cc1N. The van der Waals surface area contributed by atoms with Gasteiger partial charge in [-0.05, 0) is 13.3 Å². The lowest BCUT2D eigenvalue weighted by Gasteiger charge is -2.25. The largest absolute Gasteiger partial charge is 0.491 e. The highest BCUT2D eigenvalue weighted by molar-refractivity contribution is 5.70. The molecule has 0 aliphatic rings. The zero-order chi connectivity index (χ0) is 13.5. The van der Waals surface area contributed by atoms with Gasteiger partial charge in [0.05, 0.1) is 24.6 Å². The highest BCUT2D eigenvalue weighted by Gasteiger charge is 2.14. The summed E-state index contributed by atoms with van der Waals surface area (Å²) < 4.78 is 18.8. The van der Waals surface area contributed by atoms with E-state index in [0.717, 1.165) is 13.0 Å². The summed E-state index contributed by atoms with van der Waals surface area (Å²) in [6.07, 6.45) is 0.917. The molecule has 0 aliphatic heterocycles. The molecule has 3 N–H and O–H groups in total. The van der Waals surface area contributed by atoms with Gasteiger partial charge in [0.2, 0.25) is 0 Å². The van der Waals surface area contributed by atoms with Crippen molar-refractivity contribution in [3.63, 3.8) is 0 Å². The van der Waals surface area contributed by atoms with Crippen LogP contribution in [0, 0.1) is 5.82 Å². The quantitative estimate of drug-likeness (QED) is 0.733. The van der Waals surface area contributed by atoms with Crippen molar-refractivity contribution < 1.29 is 14.2 Å². The highest BCUT2D eigenvalue weighted by atomic mass is 19.1. The van der Waals surface area contributed by atoms with Crippen molar-refractivity contribution in [2.75, 3.05) is 36.9 Å². The van der Waals surface area contributed by atoms with Crippen LogP contribution in [0.5, 0.6) is 5.75 Å². The number of hydrogen-bond acceptors (Lipinski definition) is 4. The number of nitrogen functional groups attached to an aromatic ring is 1. The Morgan fingerprint density at radius 2 is 2.06 bits per heavy atom. The summed E-state index contributed by atoms with van der Waals surface area (Å²) in [4.78, 5) is 1.93. The molecule has 1 aromatic rings. The lowest BCUT2D eigenvalue weighted by molar-refractivity contribution is 0.301. The van der Waals surface area contributed by atoms with Crippen LogP contribution in [0.2, 0.25) is 0 Å². The molecule has 0 saturated heterocycles. The zero-order valence-corrected chi connectivity index (χ0v) is 10.9. The molecule has 0 aromatic heterocycles. The zero-order valence-electron chi connectivity index (χ0n) is 10.9. The number of anilines is 2. The number of aliphatic hydroxyl groups excluding tert-OH is 1. The van der Waals surface area contributed by atoms with Crippen LogP contribution in [-0.2, 0) is 0 Å². The van der Waals surface area contributed by atoms with Gasteiger partial charge in [-0.2, -0.15) is 0 Å². The summed E-state index contributed by atoms with van der Waals surface area (Å²) in [5.41, 5.74) is 6.89. The van der Waals surface area contributed by atoms with Crippen LogP contribution in [0.15, 0.2) is 12.1 Å². The van der Waals surface area contributed by atoms with E-state index in [-0.39, 0.29) is 12.4 Å². The van der Waals surface area contributed by atoms with Crippen molar-refractivity contribution in [3.05, 3.63) is 17.9 Å². The van der Waals surface area contributed by atoms with Crippen molar-refractivity contribution in [2.45, 2.75) is 20.3 Å². The van der Waals surface area contributed by atoms with Gasteiger partial charge in [0.15, 0.2) is 11.6 Å². The minimum Gasteiger partial charge on any atom is -0.491 e. The third kappa shape index (κ3) is 3.50. The Morgan fingerprint density at radius 3 is 2.61 bits per heavy atom. The molecular formula is C13H21FN2O2. The number of nitrogens with zero attached hydrogens (tertiary/aromatic N) is 1. The summed E-state index contributed by atoms with van der Waals surface area (Å²) in [6, 6.07) is 2.86. The molecule has 1 rings (SSSR count). The second-order valence-corrected chi connectivity index (χ2v) is 3.99. The number of rotatable bonds is 7. The van der Waals surface area contributed by atoms with E-state index in [9.17, 15) is 4.39 Å². The number of aliphatic hydroxyl groups is 1. The number of hydrogen-bond donors (Lipinski definition) is 2. The van der Waals surface area contributed by atoms with Gasteiger partial charge in [-0.15, -0.1) is 0 Å². The Kier molecular flexibility index (Phi) is 5.71. The van der Waals surface area contributed by atoms with Crippen LogP contribution in [0.3, 0.4) is 0 Å². The summed E-state index contributed by atoms with van der Waals surface area (Å²) in [5, 5.41) is 9.05. The molecule has 0 aliphatic carbocycles. The lowest BCUT2D eigenvalue weighted by Crippen LogP contribution is -2.28. The third-order valence-electron chi connectivity index (χ3n) is 2.59. The van der Waals surface area contributed by atoms with Gasteiger partial charge in [0.25, 0.3) is 0 Å². The van der Waals surface area contributed by atoms with Crippen LogP contribution < -0.4 is 15.4 Å². The molecule has 0 amide bonds. The van der Waals surface area contributed by atoms with Crippen molar-refractivity contribution in [1.82, 2.24) is 0 Å². The van der Waals surface area contributed by atoms with Crippen molar-refractivity contribution >= 4 is 11.4 Å². The summed E-state index contributed by atoms with van der Waals surface area (Å²) >= 11 is 0. The minimum atomic E-state index is -0.460. The summed E-state index contributed by atoms with van der Waals surface area (Å²) in [7, 11) is 0. The maximum Gasteiger partial charge on any atom is 0.167 e. The molecule has 0 heterocycles. The standard InChI is InChI=1S/C13H21FN2O2/c1-3-5-16(6-7-17)12-9-13(18-4-2)10(14)8-11(12)15/h8-9,17H,3-7,15H2,1-2H3. The molecule has 0 saturated carbocycles. The normalized spacial score (nSPS) is 10.4. The van der Waals surface area contributed by atoms with E-state index in [4.69, 9.17) is 15.6 Å². The van der Waals surface area contributed by atoms with E-state index < -0.39 is 5.82 Å². The van der Waals surface area contributed by atoms with Gasteiger partial charge in [-0.3, -0.25) is 0 Å². The first-order valence-corrected chi connectivity index (χ1v) is 6.21. The van der Waals surface area contributed by atoms with E-state index in [1.807, 2.05) is 11.8 Å². The first-order chi connectivity index (χ1) is 8.63. The molecule has 5 heteroatoms. The molecule has 0 atom stereocenters. The molecule has 0 fully saturated rings. The Bertz CT molecular complexity index is 379. The van der Waals surface area contributed by atoms with Gasteiger partial charge in [-0.1, -0.05) is 6.92 Å². The highest BCUT2D eigenvalue weighted by Crippen LogP contribution is 2.31. The van der Waals surface area contributed by atoms with Crippen molar-refractivity contribution in [2.24, 2.45) is 0 Å². The van der Waals surface area contributed by atoms with E-state index >= 15 is 0 Å². The number of benzene rings is 1. The van der Waals surface area contributed by atoms with Crippen LogP contribution in [0.25, 0.3) is 0 Å². The topological polar surface area (TPSA) is 58.7 Å². The Labute approximate surface area is 107 Å². The van der Waals surface area contributed by atoms with Gasteiger partial charge >= 0.3 is 0 Å². The Balaban J connectivity index is 3.07. The fourth-order valence-electron chi connectivity index (χ4n) is 1.84. The molecule has 0 bridgehead atoms. The average molecular weight is 256 g/mol. The molecular weight excluding hydrogens is 235 g/mol. The predicted molar refractivity (Wildman–Crippen MR) is 71.6 cm³/mol. The second-order valence-electron chi connectivity index (χ2n) is 3.99. The third-order valence-corrected chi connectivity index (χ3v) is 2.59. The monoisotopic (exact) mass is 256 g/mol. The molecule has 1 aromatic carbocycles. The second kappa shape index (κ2) is 7.06. The molecule has 0 spiro atoms. The van der Waals surface area contributed by atoms with E-state index in [2.05, 4.69) is 0 Å². The first-order valence-electron chi connectivity index (χ1n) is 6.21. The fraction of sp³-hybridized carbons (Fsp3) is 0.538. The van der Waals surface area contributed by atoms with Crippen molar-refractivity contribution in [1.29, 1.82) is 0 Å². The number of ether oxygens (including phenoxy) is 1. The Hall–Kier alpha value is -1.49. The molecule has 0 radical (unpaired) electrons. The fourth-order valence-corrected chi connectivity index (χ4v) is 1.84. The van der Waals surface area contributed by atoms with Gasteiger partial charge in [0, 0.05) is 25.2 Å². The molecule has 102 valence electrons. The maximum atomic E-state index is 13.6. The van der Waals surface area contributed by atoms with E-state index in [0.29, 0.717) is 24.5 Å². The smallest absolute Gasteiger partial charge is 0.167 e. The maximum absolute atomic E-state index is 13.6. The van der Waals surface area contributed by atoms with Gasteiger partial charge < -0.3 is 20.5 Å². The molecule has 4 nitrogen and oxygen atoms in total. The van der Waals surface area contributed by atoms with Crippen LogP contribution in [0.1, 0.15) is 20.3 Å². The summed E-state index contributed by atoms with van der Waals surface area (Å²) in [5.74, 6) is -0.265. The van der Waals surface area contributed by atoms with Crippen LogP contribution in [-0.4, -0.2) is 31.4 Å². The minimum absolute atomic E-state index is 0.0286. The van der Waals surface area contributed by atoms with E-state index in [1.165, 1.54) is 6.07 Å². The Morgan fingerprint density at radius 1 is 1.33 bits per heavy atom. The molecule has 0 unspecified atom stereocenters.